The lowest BCUT2D eigenvalue weighted by Crippen LogP contribution is -2.24. The quantitative estimate of drug-likeness (QED) is 0.768. The van der Waals surface area contributed by atoms with Crippen molar-refractivity contribution >= 4 is 17.2 Å². The standard InChI is InChI=1S/C17H19N5O2/c1-20(2)16(23)13-6-5-7-14(12-13)18-9-11-22-17(24)21-10-4-3-8-15(21)19-22/h3-8,10,12,18H,9,11H2,1-2H3. The summed E-state index contributed by atoms with van der Waals surface area (Å²) in [6.45, 7) is 0.968. The van der Waals surface area contributed by atoms with Gasteiger partial charge in [-0.15, -0.1) is 5.10 Å². The van der Waals surface area contributed by atoms with Crippen molar-refractivity contribution < 1.29 is 4.79 Å². The number of aromatic nitrogens is 3. The van der Waals surface area contributed by atoms with Gasteiger partial charge in [0.25, 0.3) is 5.91 Å². The second-order valence-electron chi connectivity index (χ2n) is 5.64. The molecule has 2 heterocycles. The van der Waals surface area contributed by atoms with E-state index in [-0.39, 0.29) is 11.6 Å². The van der Waals surface area contributed by atoms with E-state index in [2.05, 4.69) is 10.4 Å². The van der Waals surface area contributed by atoms with E-state index >= 15 is 0 Å². The minimum absolute atomic E-state index is 0.0461. The highest BCUT2D eigenvalue weighted by Crippen LogP contribution is 2.11. The molecule has 2 aromatic heterocycles. The van der Waals surface area contributed by atoms with Crippen LogP contribution in [0.5, 0.6) is 0 Å². The summed E-state index contributed by atoms with van der Waals surface area (Å²) in [7, 11) is 3.44. The molecule has 3 rings (SSSR count). The Morgan fingerprint density at radius 2 is 2.04 bits per heavy atom. The minimum atomic E-state index is -0.163. The van der Waals surface area contributed by atoms with Gasteiger partial charge >= 0.3 is 5.69 Å². The number of nitrogens with one attached hydrogen (secondary N) is 1. The van der Waals surface area contributed by atoms with Crippen LogP contribution in [-0.2, 0) is 6.54 Å². The molecular formula is C17H19N5O2. The summed E-state index contributed by atoms with van der Waals surface area (Å²) in [5.74, 6) is -0.0461. The molecule has 0 aliphatic rings. The van der Waals surface area contributed by atoms with Crippen LogP contribution < -0.4 is 11.0 Å². The van der Waals surface area contributed by atoms with Crippen LogP contribution in [0.25, 0.3) is 5.65 Å². The average molecular weight is 325 g/mol. The molecule has 7 heteroatoms. The number of rotatable bonds is 5. The summed E-state index contributed by atoms with van der Waals surface area (Å²) in [6, 6.07) is 12.7. The number of nitrogens with zero attached hydrogens (tertiary/aromatic N) is 4. The monoisotopic (exact) mass is 325 g/mol. The van der Waals surface area contributed by atoms with E-state index in [0.717, 1.165) is 5.69 Å². The van der Waals surface area contributed by atoms with E-state index in [1.807, 2.05) is 18.2 Å². The maximum atomic E-state index is 12.2. The van der Waals surface area contributed by atoms with Crippen LogP contribution in [-0.4, -0.2) is 45.6 Å². The first-order valence-electron chi connectivity index (χ1n) is 7.66. The Kier molecular flexibility index (Phi) is 4.33. The van der Waals surface area contributed by atoms with E-state index in [1.54, 1.807) is 44.6 Å². The highest BCUT2D eigenvalue weighted by molar-refractivity contribution is 5.94. The molecule has 0 saturated heterocycles. The molecule has 1 N–H and O–H groups in total. The topological polar surface area (TPSA) is 71.6 Å². The van der Waals surface area contributed by atoms with Crippen LogP contribution in [0.3, 0.4) is 0 Å². The van der Waals surface area contributed by atoms with Gasteiger partial charge in [0.2, 0.25) is 0 Å². The van der Waals surface area contributed by atoms with E-state index in [4.69, 9.17) is 0 Å². The van der Waals surface area contributed by atoms with Gasteiger partial charge in [-0.25, -0.2) is 9.48 Å². The van der Waals surface area contributed by atoms with Crippen molar-refractivity contribution in [1.82, 2.24) is 19.1 Å². The van der Waals surface area contributed by atoms with E-state index in [1.165, 1.54) is 14.0 Å². The van der Waals surface area contributed by atoms with Crippen molar-refractivity contribution in [3.63, 3.8) is 0 Å². The number of carbonyl (C=O) groups excluding carboxylic acids is 1. The first-order valence-corrected chi connectivity index (χ1v) is 7.66. The maximum absolute atomic E-state index is 12.2. The van der Waals surface area contributed by atoms with Crippen LogP contribution in [0.1, 0.15) is 10.4 Å². The van der Waals surface area contributed by atoms with Crippen LogP contribution in [0.15, 0.2) is 53.5 Å². The Labute approximate surface area is 139 Å². The molecule has 0 fully saturated rings. The first-order chi connectivity index (χ1) is 11.6. The van der Waals surface area contributed by atoms with Crippen molar-refractivity contribution in [3.05, 3.63) is 64.7 Å². The third kappa shape index (κ3) is 3.15. The second kappa shape index (κ2) is 6.57. The van der Waals surface area contributed by atoms with Crippen molar-refractivity contribution in [2.24, 2.45) is 0 Å². The summed E-state index contributed by atoms with van der Waals surface area (Å²) in [4.78, 5) is 25.7. The van der Waals surface area contributed by atoms with Crippen LogP contribution in [0.2, 0.25) is 0 Å². The van der Waals surface area contributed by atoms with Crippen LogP contribution in [0, 0.1) is 0 Å². The fourth-order valence-corrected chi connectivity index (χ4v) is 2.44. The Hall–Kier alpha value is -3.09. The molecular weight excluding hydrogens is 306 g/mol. The number of pyridine rings is 1. The van der Waals surface area contributed by atoms with Crippen molar-refractivity contribution in [2.45, 2.75) is 6.54 Å². The molecule has 124 valence electrons. The summed E-state index contributed by atoms with van der Waals surface area (Å²) in [6.07, 6.45) is 1.70. The first kappa shape index (κ1) is 15.8. The summed E-state index contributed by atoms with van der Waals surface area (Å²) < 4.78 is 2.94. The summed E-state index contributed by atoms with van der Waals surface area (Å²) in [5, 5.41) is 7.50. The predicted octanol–water partition coefficient (Wildman–Crippen LogP) is 1.31. The SMILES string of the molecule is CN(C)C(=O)c1cccc(NCCn2nc3ccccn3c2=O)c1. The fourth-order valence-electron chi connectivity index (χ4n) is 2.44. The highest BCUT2D eigenvalue weighted by Gasteiger charge is 2.08. The van der Waals surface area contributed by atoms with Gasteiger partial charge in [-0.2, -0.15) is 0 Å². The average Bonchev–Trinajstić information content (AvgIpc) is 2.91. The van der Waals surface area contributed by atoms with Crippen LogP contribution >= 0.6 is 0 Å². The van der Waals surface area contributed by atoms with Gasteiger partial charge in [0.05, 0.1) is 6.54 Å². The lowest BCUT2D eigenvalue weighted by molar-refractivity contribution is 0.0827. The number of hydrogen-bond acceptors (Lipinski definition) is 4. The smallest absolute Gasteiger partial charge is 0.350 e. The lowest BCUT2D eigenvalue weighted by atomic mass is 10.2. The molecule has 24 heavy (non-hydrogen) atoms. The lowest BCUT2D eigenvalue weighted by Gasteiger charge is -2.12. The number of hydrogen-bond donors (Lipinski definition) is 1. The van der Waals surface area contributed by atoms with Crippen molar-refractivity contribution in [1.29, 1.82) is 0 Å². The zero-order chi connectivity index (χ0) is 17.1. The summed E-state index contributed by atoms with van der Waals surface area (Å²) in [5.41, 5.74) is 1.92. The molecule has 0 radical (unpaired) electrons. The number of benzene rings is 1. The molecule has 0 saturated carbocycles. The third-order valence-electron chi connectivity index (χ3n) is 3.66. The largest absolute Gasteiger partial charge is 0.383 e. The Morgan fingerprint density at radius 1 is 1.21 bits per heavy atom. The molecule has 1 amide bonds. The Morgan fingerprint density at radius 3 is 2.79 bits per heavy atom. The molecule has 1 aromatic carbocycles. The zero-order valence-electron chi connectivity index (χ0n) is 13.6. The molecule has 0 bridgehead atoms. The zero-order valence-corrected chi connectivity index (χ0v) is 13.6. The molecule has 0 aliphatic heterocycles. The van der Waals surface area contributed by atoms with Gasteiger partial charge < -0.3 is 10.2 Å². The Bertz CT molecular complexity index is 926. The fraction of sp³-hybridized carbons (Fsp3) is 0.235. The molecule has 0 aliphatic carbocycles. The van der Waals surface area contributed by atoms with Crippen LogP contribution in [0.4, 0.5) is 5.69 Å². The van der Waals surface area contributed by atoms with Gasteiger partial charge in [0.1, 0.15) is 0 Å². The third-order valence-corrected chi connectivity index (χ3v) is 3.66. The maximum Gasteiger partial charge on any atom is 0.350 e. The Balaban J connectivity index is 1.68. The summed E-state index contributed by atoms with van der Waals surface area (Å²) >= 11 is 0. The van der Waals surface area contributed by atoms with Crippen molar-refractivity contribution in [3.8, 4) is 0 Å². The van der Waals surface area contributed by atoms with E-state index < -0.39 is 0 Å². The molecule has 0 spiro atoms. The van der Waals surface area contributed by atoms with Gasteiger partial charge in [0.15, 0.2) is 5.65 Å². The van der Waals surface area contributed by atoms with Crippen molar-refractivity contribution in [2.75, 3.05) is 26.0 Å². The number of fused-ring (bicyclic) bond motifs is 1. The van der Waals surface area contributed by atoms with E-state index in [9.17, 15) is 9.59 Å². The minimum Gasteiger partial charge on any atom is -0.383 e. The van der Waals surface area contributed by atoms with Gasteiger partial charge in [-0.1, -0.05) is 12.1 Å². The molecule has 3 aromatic rings. The van der Waals surface area contributed by atoms with Gasteiger partial charge in [-0.05, 0) is 30.3 Å². The normalized spacial score (nSPS) is 10.8. The number of anilines is 1. The highest BCUT2D eigenvalue weighted by atomic mass is 16.2. The van der Waals surface area contributed by atoms with Gasteiger partial charge in [-0.3, -0.25) is 9.20 Å². The molecule has 0 unspecified atom stereocenters. The van der Waals surface area contributed by atoms with E-state index in [0.29, 0.717) is 24.3 Å². The number of amides is 1. The molecule has 0 atom stereocenters. The predicted molar refractivity (Wildman–Crippen MR) is 92.4 cm³/mol. The number of carbonyl (C=O) groups is 1. The van der Waals surface area contributed by atoms with Gasteiger partial charge in [0, 0.05) is 38.1 Å². The second-order valence-corrected chi connectivity index (χ2v) is 5.64. The molecule has 7 nitrogen and oxygen atoms in total.